The zero-order valence-electron chi connectivity index (χ0n) is 14.6. The third-order valence-electron chi connectivity index (χ3n) is 4.55. The molecule has 0 radical (unpaired) electrons. The van der Waals surface area contributed by atoms with E-state index >= 15 is 0 Å². The van der Waals surface area contributed by atoms with Gasteiger partial charge in [0.15, 0.2) is 0 Å². The lowest BCUT2D eigenvalue weighted by molar-refractivity contribution is 0.217. The molecular weight excluding hydrogens is 300 g/mol. The summed E-state index contributed by atoms with van der Waals surface area (Å²) in [5.41, 5.74) is 1.27. The monoisotopic (exact) mass is 326 g/mol. The predicted octanol–water partition coefficient (Wildman–Crippen LogP) is 2.58. The Morgan fingerprint density at radius 1 is 1.21 bits per heavy atom. The van der Waals surface area contributed by atoms with Gasteiger partial charge in [-0.25, -0.2) is 9.97 Å². The zero-order chi connectivity index (χ0) is 16.8. The number of hydrogen-bond acceptors (Lipinski definition) is 5. The molecule has 0 unspecified atom stereocenters. The molecule has 24 heavy (non-hydrogen) atoms. The Morgan fingerprint density at radius 3 is 2.79 bits per heavy atom. The van der Waals surface area contributed by atoms with Gasteiger partial charge in [0.25, 0.3) is 0 Å². The Morgan fingerprint density at radius 2 is 2.00 bits per heavy atom. The van der Waals surface area contributed by atoms with E-state index in [1.165, 1.54) is 12.0 Å². The van der Waals surface area contributed by atoms with Crippen LogP contribution in [-0.4, -0.2) is 52.6 Å². The lowest BCUT2D eigenvalue weighted by Gasteiger charge is -2.24. The molecule has 1 aromatic heterocycles. The number of ether oxygens (including phenoxy) is 1. The summed E-state index contributed by atoms with van der Waals surface area (Å²) >= 11 is 0. The van der Waals surface area contributed by atoms with Crippen LogP contribution in [0.25, 0.3) is 0 Å². The van der Waals surface area contributed by atoms with E-state index in [0.29, 0.717) is 12.6 Å². The van der Waals surface area contributed by atoms with E-state index < -0.39 is 0 Å². The lowest BCUT2D eigenvalue weighted by Crippen LogP contribution is -2.34. The van der Waals surface area contributed by atoms with Crippen molar-refractivity contribution in [2.45, 2.75) is 32.5 Å². The Labute approximate surface area is 144 Å². The van der Waals surface area contributed by atoms with Gasteiger partial charge < -0.3 is 4.74 Å². The second-order valence-electron chi connectivity index (χ2n) is 6.30. The third kappa shape index (κ3) is 4.30. The van der Waals surface area contributed by atoms with Crippen LogP contribution in [0.2, 0.25) is 0 Å². The van der Waals surface area contributed by atoms with Gasteiger partial charge in [0.2, 0.25) is 0 Å². The average Bonchev–Trinajstić information content (AvgIpc) is 3.06. The van der Waals surface area contributed by atoms with Crippen LogP contribution >= 0.6 is 0 Å². The van der Waals surface area contributed by atoms with E-state index in [-0.39, 0.29) is 0 Å². The maximum absolute atomic E-state index is 5.75. The van der Waals surface area contributed by atoms with E-state index in [4.69, 9.17) is 4.74 Å². The summed E-state index contributed by atoms with van der Waals surface area (Å²) in [6, 6.07) is 10.8. The van der Waals surface area contributed by atoms with E-state index in [0.717, 1.165) is 37.8 Å². The molecule has 0 bridgehead atoms. The maximum atomic E-state index is 5.75. The summed E-state index contributed by atoms with van der Waals surface area (Å²) < 4.78 is 5.75. The molecule has 0 spiro atoms. The van der Waals surface area contributed by atoms with Crippen LogP contribution in [0.1, 0.15) is 24.7 Å². The van der Waals surface area contributed by atoms with Gasteiger partial charge in [-0.15, -0.1) is 0 Å². The zero-order valence-corrected chi connectivity index (χ0v) is 14.6. The number of para-hydroxylation sites is 1. The molecule has 2 aromatic rings. The van der Waals surface area contributed by atoms with Crippen molar-refractivity contribution in [3.63, 3.8) is 0 Å². The van der Waals surface area contributed by atoms with Crippen molar-refractivity contribution in [1.82, 2.24) is 19.8 Å². The Kier molecular flexibility index (Phi) is 5.77. The predicted molar refractivity (Wildman–Crippen MR) is 94.8 cm³/mol. The fourth-order valence-corrected chi connectivity index (χ4v) is 3.25. The molecule has 1 aliphatic heterocycles. The van der Waals surface area contributed by atoms with Gasteiger partial charge >= 0.3 is 0 Å². The molecule has 0 saturated carbocycles. The number of rotatable bonds is 7. The number of hydrogen-bond donors (Lipinski definition) is 0. The van der Waals surface area contributed by atoms with Gasteiger partial charge in [0.05, 0.1) is 13.2 Å². The van der Waals surface area contributed by atoms with Crippen LogP contribution < -0.4 is 4.74 Å². The molecule has 5 nitrogen and oxygen atoms in total. The molecule has 5 heteroatoms. The number of benzene rings is 1. The number of nitrogens with zero attached hydrogens (tertiary/aromatic N) is 4. The summed E-state index contributed by atoms with van der Waals surface area (Å²) in [5.74, 6) is 1.90. The maximum Gasteiger partial charge on any atom is 0.142 e. The third-order valence-corrected chi connectivity index (χ3v) is 4.55. The second kappa shape index (κ2) is 8.22. The molecule has 1 aromatic carbocycles. The number of likely N-dealkylation sites (N-methyl/N-ethyl adjacent to an activating group) is 1. The normalized spacial score (nSPS) is 18.2. The summed E-state index contributed by atoms with van der Waals surface area (Å²) in [4.78, 5) is 13.5. The van der Waals surface area contributed by atoms with Crippen molar-refractivity contribution >= 4 is 0 Å². The molecule has 0 aliphatic carbocycles. The van der Waals surface area contributed by atoms with Gasteiger partial charge in [-0.1, -0.05) is 18.2 Å². The first-order valence-corrected chi connectivity index (χ1v) is 8.65. The highest BCUT2D eigenvalue weighted by atomic mass is 16.5. The lowest BCUT2D eigenvalue weighted by atomic mass is 10.2. The summed E-state index contributed by atoms with van der Waals surface area (Å²) in [7, 11) is 2.17. The Bertz CT molecular complexity index is 634. The highest BCUT2D eigenvalue weighted by molar-refractivity contribution is 5.33. The molecule has 1 fully saturated rings. The fraction of sp³-hybridized carbons (Fsp3) is 0.474. The number of likely N-dealkylation sites (tertiary alicyclic amines) is 1. The standard InChI is InChI=1S/C19H26N4O/c1-3-24-18-8-5-4-7-16(18)13-23-12-9-17(14-23)22(2)15-19-20-10-6-11-21-19/h4-8,10-11,17H,3,9,12-15H2,1-2H3/t17-/m1/s1. The Hall–Kier alpha value is -1.98. The summed E-state index contributed by atoms with van der Waals surface area (Å²) in [6.45, 7) is 6.68. The van der Waals surface area contributed by atoms with Crippen LogP contribution in [0.3, 0.4) is 0 Å². The van der Waals surface area contributed by atoms with Crippen LogP contribution in [0, 0.1) is 0 Å². The SMILES string of the molecule is CCOc1ccccc1CN1CC[C@@H](N(C)Cc2ncccn2)C1. The molecule has 3 rings (SSSR count). The summed E-state index contributed by atoms with van der Waals surface area (Å²) in [5, 5.41) is 0. The van der Waals surface area contributed by atoms with Crippen molar-refractivity contribution in [1.29, 1.82) is 0 Å². The van der Waals surface area contributed by atoms with Crippen LogP contribution in [-0.2, 0) is 13.1 Å². The van der Waals surface area contributed by atoms with Crippen LogP contribution in [0.15, 0.2) is 42.7 Å². The van der Waals surface area contributed by atoms with Crippen molar-refractivity contribution in [3.8, 4) is 5.75 Å². The minimum absolute atomic E-state index is 0.549. The molecule has 1 atom stereocenters. The van der Waals surface area contributed by atoms with E-state index in [2.05, 4.69) is 45.0 Å². The highest BCUT2D eigenvalue weighted by Gasteiger charge is 2.26. The minimum Gasteiger partial charge on any atom is -0.494 e. The van der Waals surface area contributed by atoms with Gasteiger partial charge in [-0.2, -0.15) is 0 Å². The summed E-state index contributed by atoms with van der Waals surface area (Å²) in [6.07, 6.45) is 4.80. The second-order valence-corrected chi connectivity index (χ2v) is 6.30. The first-order valence-electron chi connectivity index (χ1n) is 8.65. The molecule has 128 valence electrons. The average molecular weight is 326 g/mol. The van der Waals surface area contributed by atoms with E-state index in [1.54, 1.807) is 0 Å². The van der Waals surface area contributed by atoms with Crippen molar-refractivity contribution in [2.75, 3.05) is 26.7 Å². The first-order chi connectivity index (χ1) is 11.8. The van der Waals surface area contributed by atoms with Gasteiger partial charge in [-0.05, 0) is 32.5 Å². The van der Waals surface area contributed by atoms with Crippen molar-refractivity contribution in [2.24, 2.45) is 0 Å². The van der Waals surface area contributed by atoms with E-state index in [1.807, 2.05) is 31.5 Å². The molecule has 1 aliphatic rings. The number of aromatic nitrogens is 2. The first kappa shape index (κ1) is 16.9. The Balaban J connectivity index is 1.55. The van der Waals surface area contributed by atoms with Crippen molar-refractivity contribution in [3.05, 3.63) is 54.1 Å². The van der Waals surface area contributed by atoms with Crippen LogP contribution in [0.4, 0.5) is 0 Å². The van der Waals surface area contributed by atoms with Crippen molar-refractivity contribution < 1.29 is 4.74 Å². The topological polar surface area (TPSA) is 41.5 Å². The van der Waals surface area contributed by atoms with Gasteiger partial charge in [0.1, 0.15) is 11.6 Å². The molecule has 1 saturated heterocycles. The van der Waals surface area contributed by atoms with E-state index in [9.17, 15) is 0 Å². The molecule has 2 heterocycles. The highest BCUT2D eigenvalue weighted by Crippen LogP contribution is 2.23. The fourth-order valence-electron chi connectivity index (χ4n) is 3.25. The molecular formula is C19H26N4O. The quantitative estimate of drug-likeness (QED) is 0.782. The van der Waals surface area contributed by atoms with Gasteiger partial charge in [0, 0.05) is 43.6 Å². The largest absolute Gasteiger partial charge is 0.494 e. The minimum atomic E-state index is 0.549. The van der Waals surface area contributed by atoms with Crippen LogP contribution in [0.5, 0.6) is 5.75 Å². The van der Waals surface area contributed by atoms with Gasteiger partial charge in [-0.3, -0.25) is 9.80 Å². The molecule has 0 amide bonds. The molecule has 0 N–H and O–H groups in total. The smallest absolute Gasteiger partial charge is 0.142 e.